The van der Waals surface area contributed by atoms with Crippen LogP contribution in [0.2, 0.25) is 0 Å². The van der Waals surface area contributed by atoms with Gasteiger partial charge in [0.15, 0.2) is 11.5 Å². The van der Waals surface area contributed by atoms with Crippen LogP contribution < -0.4 is 11.5 Å². The Morgan fingerprint density at radius 2 is 1.81 bits per heavy atom. The number of aromatic amines is 1. The van der Waals surface area contributed by atoms with Gasteiger partial charge in [-0.05, 0) is 60.8 Å². The monoisotopic (exact) mass is 373 g/mol. The van der Waals surface area contributed by atoms with Gasteiger partial charge in [-0.15, -0.1) is 0 Å². The zero-order chi connectivity index (χ0) is 20.0. The number of hydrogen-bond donors (Lipinski definition) is 7. The number of carboxylic acids is 1. The molecular weight excluding hydrogens is 350 g/mol. The Balaban J connectivity index is 0.000000194. The summed E-state index contributed by atoms with van der Waals surface area (Å²) >= 11 is 0. The minimum Gasteiger partial charge on any atom is -0.508 e. The SMILES string of the molecule is NC(Cc1ccc(O)c(O)c1)C(=O)O.NCCc1c[nH]c2ccc(O)cc12. The van der Waals surface area contributed by atoms with Crippen LogP contribution >= 0.6 is 0 Å². The average Bonchev–Trinajstić information content (AvgIpc) is 3.01. The fourth-order valence-electron chi connectivity index (χ4n) is 2.57. The van der Waals surface area contributed by atoms with Crippen molar-refractivity contribution < 1.29 is 25.2 Å². The molecule has 1 heterocycles. The van der Waals surface area contributed by atoms with Crippen LogP contribution in [-0.4, -0.2) is 44.0 Å². The van der Waals surface area contributed by atoms with E-state index in [-0.39, 0.29) is 17.9 Å². The van der Waals surface area contributed by atoms with E-state index < -0.39 is 12.0 Å². The lowest BCUT2D eigenvalue weighted by Gasteiger charge is -2.06. The van der Waals surface area contributed by atoms with Crippen molar-refractivity contribution in [1.82, 2.24) is 4.98 Å². The molecule has 8 nitrogen and oxygen atoms in total. The van der Waals surface area contributed by atoms with E-state index in [4.69, 9.17) is 26.8 Å². The van der Waals surface area contributed by atoms with Gasteiger partial charge in [-0.2, -0.15) is 0 Å². The third kappa shape index (κ3) is 5.37. The fourth-order valence-corrected chi connectivity index (χ4v) is 2.57. The maximum Gasteiger partial charge on any atom is 0.320 e. The summed E-state index contributed by atoms with van der Waals surface area (Å²) in [7, 11) is 0. The molecule has 144 valence electrons. The number of carbonyl (C=O) groups is 1. The van der Waals surface area contributed by atoms with E-state index in [9.17, 15) is 9.90 Å². The van der Waals surface area contributed by atoms with Crippen molar-refractivity contribution >= 4 is 16.9 Å². The third-order valence-corrected chi connectivity index (χ3v) is 3.98. The van der Waals surface area contributed by atoms with Crippen LogP contribution in [0, 0.1) is 0 Å². The van der Waals surface area contributed by atoms with E-state index in [1.165, 1.54) is 18.2 Å². The summed E-state index contributed by atoms with van der Waals surface area (Å²) in [5.74, 6) is -1.32. The maximum atomic E-state index is 10.4. The highest BCUT2D eigenvalue weighted by Gasteiger charge is 2.12. The summed E-state index contributed by atoms with van der Waals surface area (Å²) in [5.41, 5.74) is 13.5. The first-order chi connectivity index (χ1) is 12.8. The fraction of sp³-hybridized carbons (Fsp3) is 0.211. The molecular formula is C19H23N3O5. The second-order valence-corrected chi connectivity index (χ2v) is 6.05. The molecule has 0 fully saturated rings. The molecule has 9 N–H and O–H groups in total. The van der Waals surface area contributed by atoms with Crippen molar-refractivity contribution in [3.05, 3.63) is 53.7 Å². The van der Waals surface area contributed by atoms with Crippen molar-refractivity contribution in [3.63, 3.8) is 0 Å². The van der Waals surface area contributed by atoms with Crippen molar-refractivity contribution in [2.75, 3.05) is 6.54 Å². The molecule has 0 amide bonds. The molecule has 0 aliphatic heterocycles. The number of rotatable bonds is 5. The number of aliphatic carboxylic acids is 1. The minimum absolute atomic E-state index is 0.114. The normalized spacial score (nSPS) is 11.6. The predicted molar refractivity (Wildman–Crippen MR) is 102 cm³/mol. The van der Waals surface area contributed by atoms with Gasteiger partial charge in [0.2, 0.25) is 0 Å². The summed E-state index contributed by atoms with van der Waals surface area (Å²) in [6.07, 6.45) is 2.89. The Bertz CT molecular complexity index is 923. The van der Waals surface area contributed by atoms with Crippen molar-refractivity contribution in [3.8, 4) is 17.2 Å². The van der Waals surface area contributed by atoms with Gasteiger partial charge in [0, 0.05) is 17.1 Å². The van der Waals surface area contributed by atoms with E-state index in [2.05, 4.69) is 4.98 Å². The van der Waals surface area contributed by atoms with Gasteiger partial charge >= 0.3 is 5.97 Å². The van der Waals surface area contributed by atoms with Crippen LogP contribution in [0.3, 0.4) is 0 Å². The topological polar surface area (TPSA) is 166 Å². The third-order valence-electron chi connectivity index (χ3n) is 3.98. The number of aromatic nitrogens is 1. The zero-order valence-corrected chi connectivity index (χ0v) is 14.6. The van der Waals surface area contributed by atoms with Gasteiger partial charge in [0.1, 0.15) is 11.8 Å². The smallest absolute Gasteiger partial charge is 0.320 e. The first-order valence-electron chi connectivity index (χ1n) is 8.30. The first-order valence-corrected chi connectivity index (χ1v) is 8.30. The molecule has 0 aliphatic carbocycles. The Morgan fingerprint density at radius 3 is 2.44 bits per heavy atom. The van der Waals surface area contributed by atoms with Crippen LogP contribution in [0.4, 0.5) is 0 Å². The highest BCUT2D eigenvalue weighted by molar-refractivity contribution is 5.84. The van der Waals surface area contributed by atoms with Crippen molar-refractivity contribution in [1.29, 1.82) is 0 Å². The number of aromatic hydroxyl groups is 3. The standard InChI is InChI=1S/C10H12N2O.C9H11NO4/c11-4-3-7-6-12-10-2-1-8(13)5-9(7)10;10-6(9(13)14)3-5-1-2-7(11)8(12)4-5/h1-2,5-6,12-13H,3-4,11H2;1-2,4,6,11-12H,3,10H2,(H,13,14). The lowest BCUT2D eigenvalue weighted by molar-refractivity contribution is -0.138. The quantitative estimate of drug-likeness (QED) is 0.332. The molecule has 2 aromatic carbocycles. The number of phenolic OH excluding ortho intramolecular Hbond substituents is 3. The number of phenols is 3. The zero-order valence-electron chi connectivity index (χ0n) is 14.6. The number of nitrogens with one attached hydrogen (secondary N) is 1. The molecule has 1 atom stereocenters. The van der Waals surface area contributed by atoms with Gasteiger partial charge in [-0.1, -0.05) is 6.07 Å². The van der Waals surface area contributed by atoms with Crippen LogP contribution in [0.15, 0.2) is 42.6 Å². The Labute approximate surface area is 155 Å². The number of carboxylic acid groups (broad SMARTS) is 1. The lowest BCUT2D eigenvalue weighted by atomic mass is 10.1. The molecule has 27 heavy (non-hydrogen) atoms. The molecule has 1 aromatic heterocycles. The molecule has 8 heteroatoms. The van der Waals surface area contributed by atoms with Gasteiger partial charge in [-0.3, -0.25) is 4.79 Å². The average molecular weight is 373 g/mol. The van der Waals surface area contributed by atoms with Crippen LogP contribution in [-0.2, 0) is 17.6 Å². The van der Waals surface area contributed by atoms with Gasteiger partial charge in [0.25, 0.3) is 0 Å². The Morgan fingerprint density at radius 1 is 1.07 bits per heavy atom. The van der Waals surface area contributed by atoms with Gasteiger partial charge in [0.05, 0.1) is 0 Å². The largest absolute Gasteiger partial charge is 0.508 e. The molecule has 1 unspecified atom stereocenters. The second kappa shape index (κ2) is 8.93. The molecule has 0 saturated heterocycles. The van der Waals surface area contributed by atoms with E-state index in [1.54, 1.807) is 12.1 Å². The van der Waals surface area contributed by atoms with Crippen LogP contribution in [0.25, 0.3) is 10.9 Å². The van der Waals surface area contributed by atoms with E-state index in [0.717, 1.165) is 22.9 Å². The highest BCUT2D eigenvalue weighted by atomic mass is 16.4. The van der Waals surface area contributed by atoms with Crippen molar-refractivity contribution in [2.24, 2.45) is 11.5 Å². The van der Waals surface area contributed by atoms with Gasteiger partial charge < -0.3 is 36.9 Å². The van der Waals surface area contributed by atoms with E-state index in [1.807, 2.05) is 12.3 Å². The molecule has 0 saturated carbocycles. The number of hydrogen-bond acceptors (Lipinski definition) is 6. The van der Waals surface area contributed by atoms with E-state index in [0.29, 0.717) is 17.9 Å². The molecule has 0 bridgehead atoms. The van der Waals surface area contributed by atoms with Crippen LogP contribution in [0.5, 0.6) is 17.2 Å². The Hall–Kier alpha value is -3.23. The van der Waals surface area contributed by atoms with Crippen LogP contribution in [0.1, 0.15) is 11.1 Å². The summed E-state index contributed by atoms with van der Waals surface area (Å²) in [6.45, 7) is 0.628. The first kappa shape index (κ1) is 20.1. The highest BCUT2D eigenvalue weighted by Crippen LogP contribution is 2.25. The minimum atomic E-state index is -1.10. The van der Waals surface area contributed by atoms with Gasteiger partial charge in [-0.25, -0.2) is 0 Å². The summed E-state index contributed by atoms with van der Waals surface area (Å²) in [4.78, 5) is 13.6. The second-order valence-electron chi connectivity index (χ2n) is 6.05. The number of fused-ring (bicyclic) bond motifs is 1. The molecule has 0 aliphatic rings. The molecule has 0 spiro atoms. The number of benzene rings is 2. The summed E-state index contributed by atoms with van der Waals surface area (Å²) in [5, 5.41) is 37.0. The Kier molecular flexibility index (Phi) is 6.64. The van der Waals surface area contributed by atoms with Crippen molar-refractivity contribution in [2.45, 2.75) is 18.9 Å². The summed E-state index contributed by atoms with van der Waals surface area (Å²) in [6, 6.07) is 8.39. The number of nitrogens with two attached hydrogens (primary N) is 2. The number of H-pyrrole nitrogens is 1. The lowest BCUT2D eigenvalue weighted by Crippen LogP contribution is -2.32. The molecule has 3 rings (SSSR count). The summed E-state index contributed by atoms with van der Waals surface area (Å²) < 4.78 is 0. The molecule has 3 aromatic rings. The molecule has 0 radical (unpaired) electrons. The predicted octanol–water partition coefficient (Wildman–Crippen LogP) is 1.43. The van der Waals surface area contributed by atoms with E-state index >= 15 is 0 Å². The maximum absolute atomic E-state index is 10.4.